The van der Waals surface area contributed by atoms with Crippen molar-refractivity contribution < 1.29 is 32.4 Å². The van der Waals surface area contributed by atoms with Crippen molar-refractivity contribution in [1.82, 2.24) is 9.21 Å². The van der Waals surface area contributed by atoms with Gasteiger partial charge in [-0.15, -0.1) is 0 Å². The lowest BCUT2D eigenvalue weighted by Crippen LogP contribution is -2.51. The monoisotopic (exact) mass is 876 g/mol. The normalized spacial score (nSPS) is 23.2. The number of hydrogen-bond donors (Lipinski definition) is 0. The van der Waals surface area contributed by atoms with E-state index in [0.717, 1.165) is 23.2 Å². The fourth-order valence-corrected chi connectivity index (χ4v) is 9.45. The minimum atomic E-state index is -3.61. The molecule has 1 amide bonds. The summed E-state index contributed by atoms with van der Waals surface area (Å²) in [6.45, 7) is 26.4. The minimum absolute atomic E-state index is 0.0278. The maximum atomic E-state index is 14.3. The van der Waals surface area contributed by atoms with Gasteiger partial charge in [-0.05, 0) is 74.0 Å². The lowest BCUT2D eigenvalue weighted by atomic mass is 9.74. The summed E-state index contributed by atoms with van der Waals surface area (Å²) in [7, 11) is -2.10. The van der Waals surface area contributed by atoms with E-state index in [1.165, 1.54) is 17.8 Å². The van der Waals surface area contributed by atoms with Crippen LogP contribution < -0.4 is 0 Å². The van der Waals surface area contributed by atoms with Gasteiger partial charge in [0.1, 0.15) is 5.78 Å². The molecular weight excluding hydrogens is 803 g/mol. The molecule has 1 saturated heterocycles. The van der Waals surface area contributed by atoms with Crippen LogP contribution in [0, 0.1) is 45.8 Å². The number of fused-ring (bicyclic) bond motifs is 1. The Morgan fingerprint density at radius 3 is 1.92 bits per heavy atom. The second kappa shape index (κ2) is 18.4. The predicted molar refractivity (Wildman–Crippen MR) is 222 cm³/mol. The van der Waals surface area contributed by atoms with Gasteiger partial charge in [-0.1, -0.05) is 111 Å². The summed E-state index contributed by atoms with van der Waals surface area (Å²) in [5, 5.41) is 0. The number of carbonyl (C=O) groups excluding carboxylic acids is 5. The SMILES string of the molecule is CCC(C)I.CN(C(C)(C)C)S(=O)(=O)CCCC(=O)C(=O)C(CC(=O)[C@@H]1C2C(CN1C(=O)[C@@H](CC(=O)CC(C)(C)C)C(C)(C)C)C2(C)C)CC1CCC1. The summed E-state index contributed by atoms with van der Waals surface area (Å²) in [5.41, 5.74) is -1.42. The smallest absolute Gasteiger partial charge is 0.227 e. The van der Waals surface area contributed by atoms with E-state index in [2.05, 4.69) is 50.3 Å². The Balaban J connectivity index is 0.00000181. The Kier molecular flexibility index (Phi) is 16.6. The number of carbonyl (C=O) groups is 5. The predicted octanol–water partition coefficient (Wildman–Crippen LogP) is 8.49. The first kappa shape index (κ1) is 47.9. The van der Waals surface area contributed by atoms with Gasteiger partial charge in [0, 0.05) is 60.6 Å². The van der Waals surface area contributed by atoms with Crippen LogP contribution in [0.2, 0.25) is 0 Å². The van der Waals surface area contributed by atoms with Crippen molar-refractivity contribution in [3.8, 4) is 0 Å². The van der Waals surface area contributed by atoms with E-state index in [-0.39, 0.29) is 77.5 Å². The number of Topliss-reactive ketones (excluding diaryl/α,β-unsaturated/α-hetero) is 4. The Morgan fingerprint density at radius 1 is 0.943 bits per heavy atom. The van der Waals surface area contributed by atoms with E-state index in [1.54, 1.807) is 25.7 Å². The van der Waals surface area contributed by atoms with Gasteiger partial charge in [0.2, 0.25) is 21.7 Å². The molecular formula is C42H73IN2O7S. The molecule has 0 aromatic rings. The first-order valence-electron chi connectivity index (χ1n) is 20.0. The molecule has 306 valence electrons. The summed E-state index contributed by atoms with van der Waals surface area (Å²) in [5.74, 6) is -2.75. The number of halogens is 1. The van der Waals surface area contributed by atoms with E-state index in [9.17, 15) is 32.4 Å². The van der Waals surface area contributed by atoms with E-state index >= 15 is 0 Å². The molecule has 3 aliphatic rings. The van der Waals surface area contributed by atoms with Crippen LogP contribution >= 0.6 is 22.6 Å². The second-order valence-corrected chi connectivity index (χ2v) is 24.5. The van der Waals surface area contributed by atoms with Crippen LogP contribution in [-0.4, -0.2) is 81.5 Å². The van der Waals surface area contributed by atoms with E-state index in [4.69, 9.17) is 0 Å². The molecule has 3 rings (SSSR count). The number of nitrogens with zero attached hydrogens (tertiary/aromatic N) is 2. The molecule has 53 heavy (non-hydrogen) atoms. The van der Waals surface area contributed by atoms with Gasteiger partial charge in [-0.2, -0.15) is 4.31 Å². The third kappa shape index (κ3) is 13.5. The molecule has 0 spiro atoms. The molecule has 4 unspecified atom stereocenters. The summed E-state index contributed by atoms with van der Waals surface area (Å²) in [6.07, 6.45) is 4.92. The lowest BCUT2D eigenvalue weighted by Gasteiger charge is -2.38. The number of piperidine rings is 1. The van der Waals surface area contributed by atoms with Gasteiger partial charge < -0.3 is 4.90 Å². The number of ketones is 4. The standard InChI is InChI=1S/C38H64N2O7S.C4H9I/c1-35(2,3)22-26(41)21-27(36(4,5)6)34(45)40-23-28-31(38(28,10)11)32(40)30(43)20-25(19-24-15-13-16-24)33(44)29(42)17-14-18-48(46,47)39(12)37(7,8)9;1-3-4(2)5/h24-25,27-28,31-32H,13-23H2,1-12H3;4H,3H2,1-2H3/t25?,27-,28?,31?,32-;/m1./s1. The van der Waals surface area contributed by atoms with Crippen LogP contribution in [0.25, 0.3) is 0 Å². The molecule has 0 bridgehead atoms. The van der Waals surface area contributed by atoms with Crippen LogP contribution in [-0.2, 0) is 34.0 Å². The Bertz CT molecular complexity index is 1430. The van der Waals surface area contributed by atoms with Crippen LogP contribution in [0.15, 0.2) is 0 Å². The highest BCUT2D eigenvalue weighted by molar-refractivity contribution is 14.1. The van der Waals surface area contributed by atoms with Crippen molar-refractivity contribution in [3.63, 3.8) is 0 Å². The summed E-state index contributed by atoms with van der Waals surface area (Å²) >= 11 is 2.41. The number of amides is 1. The van der Waals surface area contributed by atoms with Crippen molar-refractivity contribution in [2.24, 2.45) is 45.8 Å². The van der Waals surface area contributed by atoms with Gasteiger partial charge >= 0.3 is 0 Å². The fourth-order valence-electron chi connectivity index (χ4n) is 7.84. The molecule has 1 heterocycles. The zero-order valence-electron chi connectivity index (χ0n) is 35.6. The lowest BCUT2D eigenvalue weighted by molar-refractivity contribution is -0.148. The van der Waals surface area contributed by atoms with Crippen molar-refractivity contribution in [3.05, 3.63) is 0 Å². The number of alkyl halides is 1. The van der Waals surface area contributed by atoms with E-state index in [1.807, 2.05) is 41.5 Å². The highest BCUT2D eigenvalue weighted by Gasteiger charge is 2.69. The van der Waals surface area contributed by atoms with Gasteiger partial charge in [0.05, 0.1) is 11.8 Å². The highest BCUT2D eigenvalue weighted by Crippen LogP contribution is 2.65. The zero-order chi connectivity index (χ0) is 41.1. The molecule has 9 nitrogen and oxygen atoms in total. The third-order valence-corrected chi connectivity index (χ3v) is 15.1. The number of likely N-dealkylation sites (tertiary alicyclic amines) is 1. The van der Waals surface area contributed by atoms with Gasteiger partial charge in [0.15, 0.2) is 11.6 Å². The molecule has 2 aliphatic carbocycles. The second-order valence-electron chi connectivity index (χ2n) is 20.2. The van der Waals surface area contributed by atoms with Crippen LogP contribution in [0.3, 0.4) is 0 Å². The van der Waals surface area contributed by atoms with Crippen molar-refractivity contribution in [2.75, 3.05) is 19.3 Å². The molecule has 0 aromatic carbocycles. The fraction of sp³-hybridized carbons (Fsp3) is 0.881. The van der Waals surface area contributed by atoms with Crippen molar-refractivity contribution in [2.45, 2.75) is 170 Å². The van der Waals surface area contributed by atoms with Crippen molar-refractivity contribution >= 4 is 61.7 Å². The van der Waals surface area contributed by atoms with Gasteiger partial charge in [-0.3, -0.25) is 24.0 Å². The molecule has 0 aromatic heterocycles. The molecule has 3 fully saturated rings. The topological polar surface area (TPSA) is 126 Å². The summed E-state index contributed by atoms with van der Waals surface area (Å²) in [6, 6.07) is -0.690. The molecule has 0 radical (unpaired) electrons. The van der Waals surface area contributed by atoms with E-state index in [0.29, 0.717) is 19.4 Å². The maximum Gasteiger partial charge on any atom is 0.227 e. The summed E-state index contributed by atoms with van der Waals surface area (Å²) < 4.78 is 27.7. The number of hydrogen-bond acceptors (Lipinski definition) is 7. The first-order chi connectivity index (χ1) is 24.0. The van der Waals surface area contributed by atoms with Crippen LogP contribution in [0.5, 0.6) is 0 Å². The zero-order valence-corrected chi connectivity index (χ0v) is 38.5. The van der Waals surface area contributed by atoms with Gasteiger partial charge in [-0.25, -0.2) is 8.42 Å². The number of rotatable bonds is 17. The Morgan fingerprint density at radius 2 is 1.49 bits per heavy atom. The Hall–Kier alpha value is -1.21. The largest absolute Gasteiger partial charge is 0.332 e. The molecule has 2 saturated carbocycles. The average Bonchev–Trinajstić information content (AvgIpc) is 3.29. The average molecular weight is 877 g/mol. The van der Waals surface area contributed by atoms with E-state index < -0.39 is 50.4 Å². The highest BCUT2D eigenvalue weighted by atomic mass is 127. The van der Waals surface area contributed by atoms with Crippen LogP contribution in [0.4, 0.5) is 0 Å². The molecule has 6 atom stereocenters. The van der Waals surface area contributed by atoms with Gasteiger partial charge in [0.25, 0.3) is 0 Å². The quantitative estimate of drug-likeness (QED) is 0.0816. The molecule has 1 aliphatic heterocycles. The minimum Gasteiger partial charge on any atom is -0.332 e. The Labute approximate surface area is 336 Å². The number of sulfonamides is 1. The summed E-state index contributed by atoms with van der Waals surface area (Å²) in [4.78, 5) is 70.3. The third-order valence-electron chi connectivity index (χ3n) is 12.0. The van der Waals surface area contributed by atoms with Crippen molar-refractivity contribution in [1.29, 1.82) is 0 Å². The molecule has 11 heteroatoms. The molecule has 0 N–H and O–H groups in total. The maximum absolute atomic E-state index is 14.3. The first-order valence-corrected chi connectivity index (χ1v) is 22.8. The van der Waals surface area contributed by atoms with Crippen LogP contribution in [0.1, 0.15) is 154 Å².